The zero-order valence-electron chi connectivity index (χ0n) is 7.85. The molecule has 0 heterocycles. The van der Waals surface area contributed by atoms with Crippen LogP contribution in [-0.2, 0) is 4.79 Å². The normalized spacial score (nSPS) is 14.5. The van der Waals surface area contributed by atoms with E-state index < -0.39 is 0 Å². The largest absolute Gasteiger partial charge is 0.341 e. The van der Waals surface area contributed by atoms with Crippen LogP contribution in [0.2, 0.25) is 0 Å². The van der Waals surface area contributed by atoms with Crippen molar-refractivity contribution in [3.8, 4) is 12.3 Å². The predicted octanol–water partition coefficient (Wildman–Crippen LogP) is 0.122. The van der Waals surface area contributed by atoms with Crippen molar-refractivity contribution >= 4 is 5.91 Å². The van der Waals surface area contributed by atoms with Crippen LogP contribution in [0.1, 0.15) is 20.3 Å². The lowest BCUT2D eigenvalue weighted by molar-refractivity contribution is -0.123. The van der Waals surface area contributed by atoms with Gasteiger partial charge in [-0.1, -0.05) is 12.8 Å². The van der Waals surface area contributed by atoms with Crippen LogP contribution in [0.3, 0.4) is 0 Å². The highest BCUT2D eigenvalue weighted by Crippen LogP contribution is 1.89. The van der Waals surface area contributed by atoms with Gasteiger partial charge in [0.15, 0.2) is 0 Å². The summed E-state index contributed by atoms with van der Waals surface area (Å²) in [5.74, 6) is 2.45. The number of terminal acetylenes is 1. The highest BCUT2D eigenvalue weighted by molar-refractivity contribution is 5.81. The summed E-state index contributed by atoms with van der Waals surface area (Å²) in [6.45, 7) is 3.73. The average Bonchev–Trinajstić information content (AvgIpc) is 2.12. The molecule has 0 saturated heterocycles. The maximum Gasteiger partial charge on any atom is 0.237 e. The lowest BCUT2D eigenvalue weighted by Gasteiger charge is -2.14. The summed E-state index contributed by atoms with van der Waals surface area (Å²) >= 11 is 0. The molecule has 2 atom stereocenters. The number of hydrogen-bond acceptors (Lipinski definition) is 2. The second kappa shape index (κ2) is 5.62. The fourth-order valence-corrected chi connectivity index (χ4v) is 0.689. The summed E-state index contributed by atoms with van der Waals surface area (Å²) in [4.78, 5) is 11.2. The van der Waals surface area contributed by atoms with Gasteiger partial charge in [-0.05, 0) is 20.4 Å². The summed E-state index contributed by atoms with van der Waals surface area (Å²) in [6.07, 6.45) is 5.95. The van der Waals surface area contributed by atoms with Crippen LogP contribution < -0.4 is 10.6 Å². The molecule has 0 spiro atoms. The molecule has 0 aliphatic heterocycles. The number of nitrogens with one attached hydrogen (secondary N) is 2. The van der Waals surface area contributed by atoms with Crippen molar-refractivity contribution in [2.45, 2.75) is 32.4 Å². The fraction of sp³-hybridized carbons (Fsp3) is 0.667. The molecule has 0 radical (unpaired) electrons. The molecular weight excluding hydrogens is 152 g/mol. The quantitative estimate of drug-likeness (QED) is 0.585. The van der Waals surface area contributed by atoms with E-state index in [1.54, 1.807) is 14.0 Å². The molecule has 1 amide bonds. The third kappa shape index (κ3) is 3.40. The van der Waals surface area contributed by atoms with Crippen LogP contribution in [0.5, 0.6) is 0 Å². The molecular formula is C9H16N2O. The van der Waals surface area contributed by atoms with Crippen LogP contribution in [0.15, 0.2) is 0 Å². The minimum Gasteiger partial charge on any atom is -0.341 e. The summed E-state index contributed by atoms with van der Waals surface area (Å²) in [5.41, 5.74) is 0. The molecule has 0 bridgehead atoms. The smallest absolute Gasteiger partial charge is 0.237 e. The van der Waals surface area contributed by atoms with Gasteiger partial charge in [0.2, 0.25) is 5.91 Å². The van der Waals surface area contributed by atoms with Crippen molar-refractivity contribution in [1.82, 2.24) is 10.6 Å². The maximum absolute atomic E-state index is 11.2. The van der Waals surface area contributed by atoms with Crippen molar-refractivity contribution in [2.24, 2.45) is 0 Å². The Hall–Kier alpha value is -1.01. The first kappa shape index (κ1) is 11.0. The molecule has 0 rings (SSSR count). The van der Waals surface area contributed by atoms with Crippen molar-refractivity contribution in [3.63, 3.8) is 0 Å². The van der Waals surface area contributed by atoms with Crippen molar-refractivity contribution < 1.29 is 4.79 Å². The SMILES string of the molecule is C#CC(CC)NC(=O)C(C)NC. The van der Waals surface area contributed by atoms with Gasteiger partial charge in [-0.2, -0.15) is 0 Å². The van der Waals surface area contributed by atoms with Gasteiger partial charge in [-0.25, -0.2) is 0 Å². The van der Waals surface area contributed by atoms with E-state index in [1.165, 1.54) is 0 Å². The van der Waals surface area contributed by atoms with Crippen molar-refractivity contribution in [3.05, 3.63) is 0 Å². The van der Waals surface area contributed by atoms with Crippen molar-refractivity contribution in [2.75, 3.05) is 7.05 Å². The minimum absolute atomic E-state index is 0.0534. The minimum atomic E-state index is -0.188. The van der Waals surface area contributed by atoms with Crippen LogP contribution in [-0.4, -0.2) is 25.0 Å². The Morgan fingerprint density at radius 3 is 2.58 bits per heavy atom. The summed E-state index contributed by atoms with van der Waals surface area (Å²) in [7, 11) is 1.74. The Bertz CT molecular complexity index is 183. The Kier molecular flexibility index (Phi) is 5.14. The molecule has 68 valence electrons. The zero-order valence-corrected chi connectivity index (χ0v) is 7.85. The number of amides is 1. The molecule has 3 nitrogen and oxygen atoms in total. The number of carbonyl (C=O) groups is 1. The summed E-state index contributed by atoms with van der Waals surface area (Å²) in [6, 6.07) is -0.333. The van der Waals surface area contributed by atoms with Gasteiger partial charge in [0.05, 0.1) is 12.1 Å². The fourth-order valence-electron chi connectivity index (χ4n) is 0.689. The third-order valence-corrected chi connectivity index (χ3v) is 1.75. The number of hydrogen-bond donors (Lipinski definition) is 2. The molecule has 0 aromatic carbocycles. The average molecular weight is 168 g/mol. The van der Waals surface area contributed by atoms with Crippen LogP contribution in [0, 0.1) is 12.3 Å². The van der Waals surface area contributed by atoms with E-state index in [1.807, 2.05) is 6.92 Å². The van der Waals surface area contributed by atoms with Crippen LogP contribution in [0.4, 0.5) is 0 Å². The standard InChI is InChI=1S/C9H16N2O/c1-5-8(6-2)11-9(12)7(3)10-4/h1,7-8,10H,6H2,2-4H3,(H,11,12). The molecule has 0 aromatic heterocycles. The first-order chi connectivity index (χ1) is 5.65. The van der Waals surface area contributed by atoms with E-state index >= 15 is 0 Å². The molecule has 0 saturated carbocycles. The molecule has 3 heteroatoms. The first-order valence-electron chi connectivity index (χ1n) is 4.09. The Morgan fingerprint density at radius 2 is 2.25 bits per heavy atom. The van der Waals surface area contributed by atoms with Gasteiger partial charge >= 0.3 is 0 Å². The van der Waals surface area contributed by atoms with E-state index in [4.69, 9.17) is 6.42 Å². The second-order valence-corrected chi connectivity index (χ2v) is 2.65. The lowest BCUT2D eigenvalue weighted by atomic mass is 10.2. The maximum atomic E-state index is 11.2. The van der Waals surface area contributed by atoms with E-state index in [-0.39, 0.29) is 18.0 Å². The molecule has 12 heavy (non-hydrogen) atoms. The van der Waals surface area contributed by atoms with Gasteiger partial charge in [0.25, 0.3) is 0 Å². The monoisotopic (exact) mass is 168 g/mol. The van der Waals surface area contributed by atoms with Gasteiger partial charge in [0, 0.05) is 0 Å². The van der Waals surface area contributed by atoms with Crippen LogP contribution >= 0.6 is 0 Å². The number of rotatable bonds is 4. The van der Waals surface area contributed by atoms with E-state index in [2.05, 4.69) is 16.6 Å². The van der Waals surface area contributed by atoms with E-state index in [0.717, 1.165) is 6.42 Å². The first-order valence-corrected chi connectivity index (χ1v) is 4.09. The predicted molar refractivity (Wildman–Crippen MR) is 49.6 cm³/mol. The van der Waals surface area contributed by atoms with Gasteiger partial charge in [-0.3, -0.25) is 4.79 Å². The van der Waals surface area contributed by atoms with Gasteiger partial charge < -0.3 is 10.6 Å². The highest BCUT2D eigenvalue weighted by atomic mass is 16.2. The number of carbonyl (C=O) groups excluding carboxylic acids is 1. The van der Waals surface area contributed by atoms with E-state index in [9.17, 15) is 4.79 Å². The van der Waals surface area contributed by atoms with Gasteiger partial charge in [-0.15, -0.1) is 6.42 Å². The molecule has 0 aliphatic carbocycles. The molecule has 2 N–H and O–H groups in total. The van der Waals surface area contributed by atoms with Gasteiger partial charge in [0.1, 0.15) is 0 Å². The Labute approximate surface area is 73.9 Å². The summed E-state index contributed by atoms with van der Waals surface area (Å²) < 4.78 is 0. The third-order valence-electron chi connectivity index (χ3n) is 1.75. The summed E-state index contributed by atoms with van der Waals surface area (Å²) in [5, 5.41) is 5.57. The molecule has 0 aliphatic rings. The van der Waals surface area contributed by atoms with Crippen molar-refractivity contribution in [1.29, 1.82) is 0 Å². The number of likely N-dealkylation sites (N-methyl/N-ethyl adjacent to an activating group) is 1. The Balaban J connectivity index is 3.92. The molecule has 2 unspecified atom stereocenters. The molecule has 0 fully saturated rings. The second-order valence-electron chi connectivity index (χ2n) is 2.65. The zero-order chi connectivity index (χ0) is 9.56. The topological polar surface area (TPSA) is 41.1 Å². The highest BCUT2D eigenvalue weighted by Gasteiger charge is 2.12. The Morgan fingerprint density at radius 1 is 1.67 bits per heavy atom. The molecule has 0 aromatic rings. The van der Waals surface area contributed by atoms with E-state index in [0.29, 0.717) is 0 Å². The lowest BCUT2D eigenvalue weighted by Crippen LogP contribution is -2.44. The van der Waals surface area contributed by atoms with Crippen LogP contribution in [0.25, 0.3) is 0 Å².